The maximum atomic E-state index is 12.8. The van der Waals surface area contributed by atoms with Crippen LogP contribution in [0, 0.1) is 25.7 Å². The van der Waals surface area contributed by atoms with Crippen molar-refractivity contribution in [2.45, 2.75) is 59.0 Å². The molecule has 2 aromatic carbocycles. The zero-order chi connectivity index (χ0) is 25.8. The molecule has 0 aliphatic heterocycles. The van der Waals surface area contributed by atoms with Crippen molar-refractivity contribution in [2.75, 3.05) is 6.54 Å². The Morgan fingerprint density at radius 3 is 2.42 bits per heavy atom. The monoisotopic (exact) mass is 490 g/mol. The largest absolute Gasteiger partial charge is 0.550 e. The maximum Gasteiger partial charge on any atom is 0.340 e. The van der Waals surface area contributed by atoms with E-state index in [1.165, 1.54) is 0 Å². The van der Waals surface area contributed by atoms with E-state index >= 15 is 0 Å². The predicted octanol–water partition coefficient (Wildman–Crippen LogP) is 3.44. The number of benzene rings is 2. The van der Waals surface area contributed by atoms with Crippen molar-refractivity contribution < 1.29 is 23.8 Å². The Labute approximate surface area is 210 Å². The number of ether oxygens (including phenoxy) is 1. The molecule has 0 radical (unpaired) electrons. The van der Waals surface area contributed by atoms with Gasteiger partial charge < -0.3 is 24.4 Å². The molecule has 0 spiro atoms. The molecule has 3 aromatic rings. The van der Waals surface area contributed by atoms with Gasteiger partial charge in [-0.2, -0.15) is 0 Å². The van der Waals surface area contributed by atoms with Crippen LogP contribution < -0.4 is 20.8 Å². The molecular formula is C29H32NO6-. The van der Waals surface area contributed by atoms with E-state index in [4.69, 9.17) is 9.15 Å². The molecule has 4 rings (SSSR count). The number of rotatable bonds is 8. The summed E-state index contributed by atoms with van der Waals surface area (Å²) < 4.78 is 11.7. The number of carboxylic acids is 1. The van der Waals surface area contributed by atoms with Gasteiger partial charge in [0.1, 0.15) is 11.3 Å². The first-order chi connectivity index (χ1) is 17.2. The van der Waals surface area contributed by atoms with Gasteiger partial charge in [0.25, 0.3) is 5.91 Å². The van der Waals surface area contributed by atoms with Gasteiger partial charge in [-0.3, -0.25) is 4.79 Å². The molecule has 1 aliphatic carbocycles. The number of hydrogen-bond donors (Lipinski definition) is 1. The van der Waals surface area contributed by atoms with Crippen molar-refractivity contribution in [3.8, 4) is 5.75 Å². The smallest absolute Gasteiger partial charge is 0.340 e. The van der Waals surface area contributed by atoms with Crippen LogP contribution in [0.1, 0.15) is 54.9 Å². The second-order valence-electron chi connectivity index (χ2n) is 9.76. The van der Waals surface area contributed by atoms with E-state index in [9.17, 15) is 19.5 Å². The first kappa shape index (κ1) is 25.5. The minimum Gasteiger partial charge on any atom is -0.550 e. The highest BCUT2D eigenvalue weighted by atomic mass is 16.5. The number of aliphatic carboxylic acids is 1. The van der Waals surface area contributed by atoms with Crippen LogP contribution in [0.25, 0.3) is 11.0 Å². The third-order valence-electron chi connectivity index (χ3n) is 7.30. The molecule has 1 atom stereocenters. The summed E-state index contributed by atoms with van der Waals surface area (Å²) in [5.74, 6) is -0.872. The van der Waals surface area contributed by atoms with Crippen LogP contribution in [0.4, 0.5) is 0 Å². The quantitative estimate of drug-likeness (QED) is 0.485. The van der Waals surface area contributed by atoms with Gasteiger partial charge >= 0.3 is 5.63 Å². The summed E-state index contributed by atoms with van der Waals surface area (Å²) in [5, 5.41) is 14.8. The molecule has 0 bridgehead atoms. The molecule has 36 heavy (non-hydrogen) atoms. The number of hydrogen-bond acceptors (Lipinski definition) is 6. The number of amides is 1. The average molecular weight is 491 g/mol. The summed E-state index contributed by atoms with van der Waals surface area (Å²) in [6.45, 7) is 5.91. The average Bonchev–Trinajstić information content (AvgIpc) is 2.87. The molecule has 7 heteroatoms. The Kier molecular flexibility index (Phi) is 7.77. The second kappa shape index (κ2) is 11.0. The van der Waals surface area contributed by atoms with Gasteiger partial charge in [0.2, 0.25) is 0 Å². The van der Waals surface area contributed by atoms with Gasteiger partial charge in [-0.05, 0) is 81.5 Å². The molecule has 1 amide bonds. The number of aryl methyl sites for hydroxylation is 2. The number of carboxylic acid groups (broad SMARTS) is 1. The summed E-state index contributed by atoms with van der Waals surface area (Å²) in [4.78, 5) is 36.5. The molecule has 190 valence electrons. The minimum atomic E-state index is -0.983. The summed E-state index contributed by atoms with van der Waals surface area (Å²) in [7, 11) is 0. The second-order valence-corrected chi connectivity index (χ2v) is 9.76. The molecule has 1 aromatic heterocycles. The van der Waals surface area contributed by atoms with Gasteiger partial charge in [-0.25, -0.2) is 4.79 Å². The van der Waals surface area contributed by atoms with Crippen molar-refractivity contribution in [3.05, 3.63) is 75.1 Å². The Bertz CT molecular complexity index is 1300. The number of carbonyl (C=O) groups is 2. The maximum absolute atomic E-state index is 12.8. The molecular weight excluding hydrogens is 458 g/mol. The highest BCUT2D eigenvalue weighted by Gasteiger charge is 2.24. The Hall–Kier alpha value is -3.61. The molecule has 1 fully saturated rings. The molecule has 0 unspecified atom stereocenters. The number of carbonyl (C=O) groups excluding carboxylic acids is 2. The van der Waals surface area contributed by atoms with Crippen LogP contribution in [0.15, 0.2) is 51.7 Å². The van der Waals surface area contributed by atoms with E-state index in [0.29, 0.717) is 48.3 Å². The fourth-order valence-corrected chi connectivity index (χ4v) is 4.94. The van der Waals surface area contributed by atoms with Gasteiger partial charge in [0.05, 0.1) is 0 Å². The molecule has 1 heterocycles. The fraction of sp³-hybridized carbons (Fsp3) is 0.414. The third kappa shape index (κ3) is 5.61. The van der Waals surface area contributed by atoms with E-state index in [2.05, 4.69) is 5.32 Å². The van der Waals surface area contributed by atoms with Gasteiger partial charge in [0.15, 0.2) is 6.10 Å². The minimum absolute atomic E-state index is 0.243. The van der Waals surface area contributed by atoms with E-state index < -0.39 is 12.1 Å². The normalized spacial score (nSPS) is 18.5. The zero-order valence-electron chi connectivity index (χ0n) is 21.0. The van der Waals surface area contributed by atoms with Crippen molar-refractivity contribution in [1.29, 1.82) is 0 Å². The van der Waals surface area contributed by atoms with E-state index in [0.717, 1.165) is 29.4 Å². The van der Waals surface area contributed by atoms with Crippen LogP contribution in [0.3, 0.4) is 0 Å². The standard InChI is InChI=1S/C29H33NO6/c1-17-23-13-14-25(18(2)26(23)36-29(34)24(17)15-20-7-5-4-6-8-20)35-19(3)27(31)30-16-21-9-11-22(12-10-21)28(32)33/h4-8,13-14,19,21-22H,9-12,15-16H2,1-3H3,(H,30,31)(H,32,33)/p-1/t19-,21?,22?/m0/s1. The van der Waals surface area contributed by atoms with Crippen LogP contribution in [0.2, 0.25) is 0 Å². The van der Waals surface area contributed by atoms with Gasteiger partial charge in [-0.1, -0.05) is 30.3 Å². The van der Waals surface area contributed by atoms with Crippen LogP contribution in [-0.2, 0) is 16.0 Å². The third-order valence-corrected chi connectivity index (χ3v) is 7.30. The lowest BCUT2D eigenvalue weighted by atomic mass is 9.82. The van der Waals surface area contributed by atoms with Crippen LogP contribution in [0.5, 0.6) is 5.75 Å². The molecule has 1 aliphatic rings. The van der Waals surface area contributed by atoms with Crippen molar-refractivity contribution in [3.63, 3.8) is 0 Å². The lowest BCUT2D eigenvalue weighted by molar-refractivity contribution is -0.312. The van der Waals surface area contributed by atoms with Crippen molar-refractivity contribution in [2.24, 2.45) is 11.8 Å². The van der Waals surface area contributed by atoms with E-state index in [1.807, 2.05) is 56.3 Å². The highest BCUT2D eigenvalue weighted by Crippen LogP contribution is 2.31. The predicted molar refractivity (Wildman–Crippen MR) is 135 cm³/mol. The SMILES string of the molecule is Cc1c(Cc2ccccc2)c(=O)oc2c(C)c(O[C@@H](C)C(=O)NCC3CCC(C(=O)[O-])CC3)ccc12. The van der Waals surface area contributed by atoms with Crippen molar-refractivity contribution in [1.82, 2.24) is 5.32 Å². The molecule has 1 N–H and O–H groups in total. The Morgan fingerprint density at radius 1 is 1.06 bits per heavy atom. The fourth-order valence-electron chi connectivity index (χ4n) is 4.94. The summed E-state index contributed by atoms with van der Waals surface area (Å²) in [6.07, 6.45) is 2.43. The van der Waals surface area contributed by atoms with Gasteiger partial charge in [0, 0.05) is 35.4 Å². The molecule has 1 saturated carbocycles. The summed E-state index contributed by atoms with van der Waals surface area (Å²) in [5.41, 5.74) is 3.30. The molecule has 7 nitrogen and oxygen atoms in total. The molecule has 0 saturated heterocycles. The van der Waals surface area contributed by atoms with Crippen LogP contribution >= 0.6 is 0 Å². The first-order valence-electron chi connectivity index (χ1n) is 12.5. The zero-order valence-corrected chi connectivity index (χ0v) is 21.0. The number of nitrogens with one attached hydrogen (secondary N) is 1. The topological polar surface area (TPSA) is 109 Å². The lowest BCUT2D eigenvalue weighted by Crippen LogP contribution is -2.40. The first-order valence-corrected chi connectivity index (χ1v) is 12.5. The Morgan fingerprint density at radius 2 is 1.75 bits per heavy atom. The summed E-state index contributed by atoms with van der Waals surface area (Å²) in [6, 6.07) is 13.5. The highest BCUT2D eigenvalue weighted by molar-refractivity contribution is 5.86. The van der Waals surface area contributed by atoms with E-state index in [-0.39, 0.29) is 23.4 Å². The van der Waals surface area contributed by atoms with Crippen molar-refractivity contribution >= 4 is 22.8 Å². The number of fused-ring (bicyclic) bond motifs is 1. The van der Waals surface area contributed by atoms with Gasteiger partial charge in [-0.15, -0.1) is 0 Å². The lowest BCUT2D eigenvalue weighted by Gasteiger charge is -2.29. The van der Waals surface area contributed by atoms with E-state index in [1.54, 1.807) is 6.92 Å². The Balaban J connectivity index is 1.43. The summed E-state index contributed by atoms with van der Waals surface area (Å²) >= 11 is 0. The van der Waals surface area contributed by atoms with Crippen LogP contribution in [-0.4, -0.2) is 24.5 Å².